The van der Waals surface area contributed by atoms with Crippen LogP contribution in [0.5, 0.6) is 5.75 Å². The molecule has 0 spiro atoms. The van der Waals surface area contributed by atoms with Crippen LogP contribution < -0.4 is 15.2 Å². The highest BCUT2D eigenvalue weighted by molar-refractivity contribution is 7.89. The highest BCUT2D eigenvalue weighted by Gasteiger charge is 2.24. The number of hydrogen-bond donors (Lipinski definition) is 2. The van der Waals surface area contributed by atoms with Crippen molar-refractivity contribution in [3.63, 3.8) is 0 Å². The summed E-state index contributed by atoms with van der Waals surface area (Å²) in [5.41, 5.74) is 6.47. The van der Waals surface area contributed by atoms with Gasteiger partial charge in [0.1, 0.15) is 11.9 Å². The summed E-state index contributed by atoms with van der Waals surface area (Å²) in [6.45, 7) is 4.79. The maximum absolute atomic E-state index is 12.1. The Morgan fingerprint density at radius 3 is 2.84 bits per heavy atom. The monoisotopic (exact) mass is 284 g/mol. The maximum Gasteiger partial charge on any atom is 0.240 e. The topological polar surface area (TPSA) is 81.4 Å². The number of hydrogen-bond acceptors (Lipinski definition) is 4. The second-order valence-electron chi connectivity index (χ2n) is 5.19. The molecule has 6 heteroatoms. The first-order valence-electron chi connectivity index (χ1n) is 6.41. The van der Waals surface area contributed by atoms with Crippen LogP contribution in [0.1, 0.15) is 19.4 Å². The van der Waals surface area contributed by atoms with Crippen molar-refractivity contribution in [3.8, 4) is 5.75 Å². The minimum absolute atomic E-state index is 0.0448. The van der Waals surface area contributed by atoms with Gasteiger partial charge in [0.15, 0.2) is 0 Å². The SMILES string of the molecule is CC(C)CNS(=O)(=O)c1ccc2c(c1)CC(CN)O2. The highest BCUT2D eigenvalue weighted by Crippen LogP contribution is 2.30. The van der Waals surface area contributed by atoms with Crippen molar-refractivity contribution in [2.45, 2.75) is 31.3 Å². The van der Waals surface area contributed by atoms with Crippen LogP contribution in [-0.2, 0) is 16.4 Å². The minimum atomic E-state index is -3.44. The van der Waals surface area contributed by atoms with E-state index in [9.17, 15) is 8.42 Å². The van der Waals surface area contributed by atoms with E-state index in [1.54, 1.807) is 18.2 Å². The number of benzene rings is 1. The summed E-state index contributed by atoms with van der Waals surface area (Å²) in [4.78, 5) is 0.285. The zero-order valence-electron chi connectivity index (χ0n) is 11.2. The lowest BCUT2D eigenvalue weighted by atomic mass is 10.1. The summed E-state index contributed by atoms with van der Waals surface area (Å²) in [5, 5.41) is 0. The van der Waals surface area contributed by atoms with Crippen LogP contribution >= 0.6 is 0 Å². The quantitative estimate of drug-likeness (QED) is 0.841. The van der Waals surface area contributed by atoms with Gasteiger partial charge in [-0.15, -0.1) is 0 Å². The number of rotatable bonds is 5. The average molecular weight is 284 g/mol. The van der Waals surface area contributed by atoms with E-state index in [0.717, 1.165) is 11.3 Å². The smallest absolute Gasteiger partial charge is 0.240 e. The summed E-state index contributed by atoms with van der Waals surface area (Å²) >= 11 is 0. The number of nitrogens with one attached hydrogen (secondary N) is 1. The van der Waals surface area contributed by atoms with Crippen molar-refractivity contribution in [2.24, 2.45) is 11.7 Å². The van der Waals surface area contributed by atoms with Gasteiger partial charge >= 0.3 is 0 Å². The molecule has 0 radical (unpaired) electrons. The first kappa shape index (κ1) is 14.3. The summed E-state index contributed by atoms with van der Waals surface area (Å²) in [6.07, 6.45) is 0.621. The van der Waals surface area contributed by atoms with Crippen LogP contribution in [0.3, 0.4) is 0 Å². The Kier molecular flexibility index (Phi) is 4.13. The van der Waals surface area contributed by atoms with Crippen LogP contribution in [0.15, 0.2) is 23.1 Å². The van der Waals surface area contributed by atoms with Gasteiger partial charge in [-0.1, -0.05) is 13.8 Å². The molecule has 1 aliphatic heterocycles. The van der Waals surface area contributed by atoms with Crippen molar-refractivity contribution < 1.29 is 13.2 Å². The molecule has 2 rings (SSSR count). The predicted molar refractivity (Wildman–Crippen MR) is 73.6 cm³/mol. The van der Waals surface area contributed by atoms with Crippen molar-refractivity contribution in [1.82, 2.24) is 4.72 Å². The fourth-order valence-corrected chi connectivity index (χ4v) is 3.22. The van der Waals surface area contributed by atoms with Gasteiger partial charge < -0.3 is 10.5 Å². The lowest BCUT2D eigenvalue weighted by Gasteiger charge is -2.09. The molecule has 0 saturated carbocycles. The molecule has 5 nitrogen and oxygen atoms in total. The van der Waals surface area contributed by atoms with Crippen LogP contribution in [0.25, 0.3) is 0 Å². The fraction of sp³-hybridized carbons (Fsp3) is 0.538. The number of fused-ring (bicyclic) bond motifs is 1. The third-order valence-corrected chi connectivity index (χ3v) is 4.45. The molecule has 0 amide bonds. The molecule has 1 atom stereocenters. The molecule has 1 aromatic carbocycles. The molecule has 1 heterocycles. The van der Waals surface area contributed by atoms with Gasteiger partial charge in [0, 0.05) is 19.5 Å². The Bertz CT molecular complexity index is 555. The molecule has 1 unspecified atom stereocenters. The van der Waals surface area contributed by atoms with Crippen LogP contribution in [0.4, 0.5) is 0 Å². The van der Waals surface area contributed by atoms with Crippen LogP contribution in [-0.4, -0.2) is 27.6 Å². The van der Waals surface area contributed by atoms with E-state index in [-0.39, 0.29) is 16.9 Å². The second-order valence-corrected chi connectivity index (χ2v) is 6.96. The number of nitrogens with two attached hydrogens (primary N) is 1. The molecular weight excluding hydrogens is 264 g/mol. The summed E-state index contributed by atoms with van der Waals surface area (Å²) in [5.74, 6) is 1.01. The molecular formula is C13H20N2O3S. The van der Waals surface area contributed by atoms with Gasteiger partial charge in [0.25, 0.3) is 0 Å². The van der Waals surface area contributed by atoms with Crippen LogP contribution in [0, 0.1) is 5.92 Å². The molecule has 0 aliphatic carbocycles. The Morgan fingerprint density at radius 2 is 2.21 bits per heavy atom. The molecule has 19 heavy (non-hydrogen) atoms. The number of ether oxygens (including phenoxy) is 1. The van der Waals surface area contributed by atoms with E-state index < -0.39 is 10.0 Å². The highest BCUT2D eigenvalue weighted by atomic mass is 32.2. The molecule has 1 aliphatic rings. The molecule has 3 N–H and O–H groups in total. The van der Waals surface area contributed by atoms with E-state index in [2.05, 4.69) is 4.72 Å². The standard InChI is InChI=1S/C13H20N2O3S/c1-9(2)8-15-19(16,17)12-3-4-13-10(6-12)5-11(7-14)18-13/h3-4,6,9,11,15H,5,7-8,14H2,1-2H3. The van der Waals surface area contributed by atoms with E-state index in [4.69, 9.17) is 10.5 Å². The van der Waals surface area contributed by atoms with Crippen molar-refractivity contribution in [1.29, 1.82) is 0 Å². The third-order valence-electron chi connectivity index (χ3n) is 3.03. The summed E-state index contributed by atoms with van der Waals surface area (Å²) in [6, 6.07) is 4.95. The maximum atomic E-state index is 12.1. The molecule has 0 aromatic heterocycles. The van der Waals surface area contributed by atoms with E-state index in [1.165, 1.54) is 0 Å². The van der Waals surface area contributed by atoms with E-state index >= 15 is 0 Å². The normalized spacial score (nSPS) is 18.4. The fourth-order valence-electron chi connectivity index (χ4n) is 1.96. The van der Waals surface area contributed by atoms with Crippen molar-refractivity contribution >= 4 is 10.0 Å². The van der Waals surface area contributed by atoms with E-state index in [1.807, 2.05) is 13.8 Å². The Hall–Kier alpha value is -1.11. The third kappa shape index (κ3) is 3.26. The van der Waals surface area contributed by atoms with Gasteiger partial charge in [-0.3, -0.25) is 0 Å². The minimum Gasteiger partial charge on any atom is -0.488 e. The summed E-state index contributed by atoms with van der Waals surface area (Å²) in [7, 11) is -3.44. The van der Waals surface area contributed by atoms with Crippen molar-refractivity contribution in [3.05, 3.63) is 23.8 Å². The number of sulfonamides is 1. The van der Waals surface area contributed by atoms with Gasteiger partial charge in [-0.25, -0.2) is 13.1 Å². The zero-order chi connectivity index (χ0) is 14.0. The van der Waals surface area contributed by atoms with Gasteiger partial charge in [-0.2, -0.15) is 0 Å². The first-order valence-corrected chi connectivity index (χ1v) is 7.90. The molecule has 1 aromatic rings. The summed E-state index contributed by atoms with van der Waals surface area (Å²) < 4.78 is 32.4. The van der Waals surface area contributed by atoms with Gasteiger partial charge in [0.05, 0.1) is 4.90 Å². The van der Waals surface area contributed by atoms with Gasteiger partial charge in [-0.05, 0) is 29.7 Å². The Morgan fingerprint density at radius 1 is 1.47 bits per heavy atom. The molecule has 106 valence electrons. The molecule has 0 saturated heterocycles. The Labute approximate surface area is 114 Å². The van der Waals surface area contributed by atoms with Crippen LogP contribution in [0.2, 0.25) is 0 Å². The lowest BCUT2D eigenvalue weighted by molar-refractivity contribution is 0.241. The largest absolute Gasteiger partial charge is 0.488 e. The zero-order valence-corrected chi connectivity index (χ0v) is 12.0. The lowest BCUT2D eigenvalue weighted by Crippen LogP contribution is -2.27. The van der Waals surface area contributed by atoms with E-state index in [0.29, 0.717) is 19.5 Å². The molecule has 0 bridgehead atoms. The Balaban J connectivity index is 2.19. The van der Waals surface area contributed by atoms with Gasteiger partial charge in [0.2, 0.25) is 10.0 Å². The average Bonchev–Trinajstić information content (AvgIpc) is 2.78. The van der Waals surface area contributed by atoms with Crippen molar-refractivity contribution in [2.75, 3.05) is 13.1 Å². The first-order chi connectivity index (χ1) is 8.92. The molecule has 0 fully saturated rings. The predicted octanol–water partition coefficient (Wildman–Crippen LogP) is 0.883. The second kappa shape index (κ2) is 5.48.